The monoisotopic (exact) mass is 319 g/mol. The van der Waals surface area contributed by atoms with Crippen molar-refractivity contribution in [2.75, 3.05) is 12.3 Å². The predicted octanol–water partition coefficient (Wildman–Crippen LogP) is 4.09. The fourth-order valence-corrected chi connectivity index (χ4v) is 3.61. The highest BCUT2D eigenvalue weighted by Gasteiger charge is 2.14. The van der Waals surface area contributed by atoms with E-state index in [0.29, 0.717) is 0 Å². The molecule has 1 aromatic rings. The van der Waals surface area contributed by atoms with Gasteiger partial charge in [0.1, 0.15) is 0 Å². The third kappa shape index (κ3) is 3.66. The van der Waals surface area contributed by atoms with Crippen molar-refractivity contribution in [2.24, 2.45) is 0 Å². The lowest BCUT2D eigenvalue weighted by atomic mass is 10.2. The molecule has 0 bridgehead atoms. The van der Waals surface area contributed by atoms with Crippen LogP contribution in [0.5, 0.6) is 0 Å². The quantitative estimate of drug-likeness (QED) is 0.897. The molecule has 16 heavy (non-hydrogen) atoms. The number of rotatable bonds is 4. The predicted molar refractivity (Wildman–Crippen MR) is 76.3 cm³/mol. The van der Waals surface area contributed by atoms with E-state index >= 15 is 0 Å². The third-order valence-corrected chi connectivity index (χ3v) is 5.32. The fraction of sp³-hybridized carbons (Fsp3) is 0.500. The van der Waals surface area contributed by atoms with Crippen LogP contribution in [-0.4, -0.2) is 17.5 Å². The van der Waals surface area contributed by atoms with E-state index < -0.39 is 0 Å². The van der Waals surface area contributed by atoms with Crippen LogP contribution >= 0.6 is 39.3 Å². The zero-order chi connectivity index (χ0) is 11.4. The van der Waals surface area contributed by atoms with Crippen molar-refractivity contribution in [3.8, 4) is 0 Å². The Morgan fingerprint density at radius 3 is 3.06 bits per heavy atom. The van der Waals surface area contributed by atoms with E-state index in [1.54, 1.807) is 0 Å². The minimum atomic E-state index is 0.773. The minimum absolute atomic E-state index is 0.773. The van der Waals surface area contributed by atoms with Crippen LogP contribution in [0.1, 0.15) is 18.4 Å². The van der Waals surface area contributed by atoms with Gasteiger partial charge < -0.3 is 5.32 Å². The van der Waals surface area contributed by atoms with Crippen LogP contribution in [0.15, 0.2) is 22.7 Å². The molecule has 2 rings (SSSR count). The molecule has 0 aromatic heterocycles. The summed E-state index contributed by atoms with van der Waals surface area (Å²) >= 11 is 11.5. The van der Waals surface area contributed by atoms with Gasteiger partial charge in [-0.1, -0.05) is 17.7 Å². The first kappa shape index (κ1) is 12.7. The van der Waals surface area contributed by atoms with Gasteiger partial charge in [0.2, 0.25) is 0 Å². The Balaban J connectivity index is 1.78. The zero-order valence-corrected chi connectivity index (χ0v) is 12.2. The van der Waals surface area contributed by atoms with Crippen LogP contribution in [0.3, 0.4) is 0 Å². The highest BCUT2D eigenvalue weighted by atomic mass is 79.9. The number of halogens is 2. The van der Waals surface area contributed by atoms with Gasteiger partial charge in [-0.2, -0.15) is 11.8 Å². The highest BCUT2D eigenvalue weighted by Crippen LogP contribution is 2.26. The summed E-state index contributed by atoms with van der Waals surface area (Å²) < 4.78 is 0.976. The highest BCUT2D eigenvalue weighted by molar-refractivity contribution is 9.10. The molecule has 0 saturated carbocycles. The summed E-state index contributed by atoms with van der Waals surface area (Å²) in [5.41, 5.74) is 1.28. The van der Waals surface area contributed by atoms with Crippen LogP contribution in [0.2, 0.25) is 5.02 Å². The van der Waals surface area contributed by atoms with Gasteiger partial charge in [-0.3, -0.25) is 0 Å². The molecule has 1 heterocycles. The van der Waals surface area contributed by atoms with Crippen LogP contribution < -0.4 is 5.32 Å². The maximum absolute atomic E-state index is 5.95. The van der Waals surface area contributed by atoms with E-state index in [9.17, 15) is 0 Å². The molecule has 4 heteroatoms. The van der Waals surface area contributed by atoms with E-state index in [2.05, 4.69) is 45.1 Å². The van der Waals surface area contributed by atoms with Gasteiger partial charge >= 0.3 is 0 Å². The smallest absolute Gasteiger partial charge is 0.0548 e. The Hall–Kier alpha value is 0.300. The Labute approximate surface area is 114 Å². The molecule has 0 spiro atoms. The topological polar surface area (TPSA) is 12.0 Å². The molecule has 1 atom stereocenters. The summed E-state index contributed by atoms with van der Waals surface area (Å²) in [6, 6.07) is 6.09. The second kappa shape index (κ2) is 6.29. The fourth-order valence-electron chi connectivity index (χ4n) is 1.83. The molecule has 1 aromatic carbocycles. The lowest BCUT2D eigenvalue weighted by Gasteiger charge is -2.10. The number of hydrogen-bond donors (Lipinski definition) is 1. The molecule has 0 amide bonds. The van der Waals surface area contributed by atoms with Crippen molar-refractivity contribution in [3.63, 3.8) is 0 Å². The van der Waals surface area contributed by atoms with Crippen LogP contribution in [0.4, 0.5) is 0 Å². The summed E-state index contributed by atoms with van der Waals surface area (Å²) in [5.74, 6) is 1.33. The summed E-state index contributed by atoms with van der Waals surface area (Å²) in [4.78, 5) is 0. The molecule has 88 valence electrons. The van der Waals surface area contributed by atoms with Crippen molar-refractivity contribution in [1.29, 1.82) is 0 Å². The second-order valence-electron chi connectivity index (χ2n) is 4.01. The molecule has 0 aliphatic carbocycles. The van der Waals surface area contributed by atoms with Crippen LogP contribution in [-0.2, 0) is 6.54 Å². The summed E-state index contributed by atoms with van der Waals surface area (Å²) in [7, 11) is 0. The lowest BCUT2D eigenvalue weighted by Crippen LogP contribution is -2.22. The van der Waals surface area contributed by atoms with Crippen molar-refractivity contribution >= 4 is 39.3 Å². The minimum Gasteiger partial charge on any atom is -0.312 e. The molecular weight excluding hydrogens is 306 g/mol. The van der Waals surface area contributed by atoms with Crippen molar-refractivity contribution in [2.45, 2.75) is 24.6 Å². The van der Waals surface area contributed by atoms with E-state index in [4.69, 9.17) is 11.6 Å². The first-order valence-electron chi connectivity index (χ1n) is 5.52. The number of benzene rings is 1. The van der Waals surface area contributed by atoms with Crippen molar-refractivity contribution < 1.29 is 0 Å². The van der Waals surface area contributed by atoms with E-state index in [-0.39, 0.29) is 0 Å². The van der Waals surface area contributed by atoms with E-state index in [1.807, 2.05) is 6.07 Å². The molecular formula is C12H15BrClNS. The standard InChI is InChI=1S/C12H15BrClNS/c13-11-6-9(3-4-12(11)14)7-15-8-10-2-1-5-16-10/h3-4,6,10,15H,1-2,5,7-8H2. The molecule has 1 nitrogen and oxygen atoms in total. The van der Waals surface area contributed by atoms with Gasteiger partial charge in [-0.05, 0) is 52.2 Å². The molecule has 1 aliphatic heterocycles. The summed E-state index contributed by atoms with van der Waals surface area (Å²) in [6.07, 6.45) is 2.74. The Morgan fingerprint density at radius 1 is 1.50 bits per heavy atom. The maximum Gasteiger partial charge on any atom is 0.0548 e. The summed E-state index contributed by atoms with van der Waals surface area (Å²) in [6.45, 7) is 2.04. The second-order valence-corrected chi connectivity index (χ2v) is 6.68. The van der Waals surface area contributed by atoms with E-state index in [1.165, 1.54) is 24.2 Å². The van der Waals surface area contributed by atoms with Crippen molar-refractivity contribution in [3.05, 3.63) is 33.3 Å². The number of hydrogen-bond acceptors (Lipinski definition) is 2. The SMILES string of the molecule is Clc1ccc(CNCC2CCCS2)cc1Br. The first-order valence-corrected chi connectivity index (χ1v) is 7.74. The molecule has 0 radical (unpaired) electrons. The average Bonchev–Trinajstić information content (AvgIpc) is 2.76. The van der Waals surface area contributed by atoms with Gasteiger partial charge in [0, 0.05) is 22.8 Å². The largest absolute Gasteiger partial charge is 0.312 e. The van der Waals surface area contributed by atoms with E-state index in [0.717, 1.165) is 27.8 Å². The zero-order valence-electron chi connectivity index (χ0n) is 9.01. The van der Waals surface area contributed by atoms with Gasteiger partial charge in [-0.15, -0.1) is 0 Å². The maximum atomic E-state index is 5.95. The van der Waals surface area contributed by atoms with Crippen LogP contribution in [0, 0.1) is 0 Å². The van der Waals surface area contributed by atoms with Crippen molar-refractivity contribution in [1.82, 2.24) is 5.32 Å². The molecule has 1 unspecified atom stereocenters. The number of thioether (sulfide) groups is 1. The van der Waals surface area contributed by atoms with Gasteiger partial charge in [0.15, 0.2) is 0 Å². The van der Waals surface area contributed by atoms with Gasteiger partial charge in [-0.25, -0.2) is 0 Å². The molecule has 1 N–H and O–H groups in total. The van der Waals surface area contributed by atoms with Gasteiger partial charge in [0.05, 0.1) is 5.02 Å². The van der Waals surface area contributed by atoms with Crippen LogP contribution in [0.25, 0.3) is 0 Å². The molecule has 1 saturated heterocycles. The lowest BCUT2D eigenvalue weighted by molar-refractivity contribution is 0.646. The normalized spacial score (nSPS) is 20.2. The average molecular weight is 321 g/mol. The summed E-state index contributed by atoms with van der Waals surface area (Å²) in [5, 5.41) is 5.09. The first-order chi connectivity index (χ1) is 7.75. The number of nitrogens with one attached hydrogen (secondary N) is 1. The Bertz CT molecular complexity index is 353. The Kier molecular flexibility index (Phi) is 5.01. The third-order valence-electron chi connectivity index (χ3n) is 2.71. The molecule has 1 aliphatic rings. The molecule has 1 fully saturated rings. The Morgan fingerprint density at radius 2 is 2.38 bits per heavy atom. The van der Waals surface area contributed by atoms with Gasteiger partial charge in [0.25, 0.3) is 0 Å².